The van der Waals surface area contributed by atoms with Crippen molar-refractivity contribution in [2.75, 3.05) is 7.05 Å². The Morgan fingerprint density at radius 1 is 1.09 bits per heavy atom. The smallest absolute Gasteiger partial charge is 0.0120 e. The standard InChI is InChI=1S/C10H19N/c1-11-9-5-3-2-4-6-10(9)7-8-10/h9,11H,2-8H2,1H3. The molecule has 0 aliphatic heterocycles. The molecule has 0 radical (unpaired) electrons. The van der Waals surface area contributed by atoms with Crippen LogP contribution in [0.1, 0.15) is 44.9 Å². The van der Waals surface area contributed by atoms with Crippen molar-refractivity contribution in [3.63, 3.8) is 0 Å². The first kappa shape index (κ1) is 7.60. The molecule has 1 spiro atoms. The summed E-state index contributed by atoms with van der Waals surface area (Å²) in [7, 11) is 2.13. The lowest BCUT2D eigenvalue weighted by atomic mass is 9.92. The van der Waals surface area contributed by atoms with Gasteiger partial charge in [-0.2, -0.15) is 0 Å². The quantitative estimate of drug-likeness (QED) is 0.609. The van der Waals surface area contributed by atoms with Crippen LogP contribution in [0.3, 0.4) is 0 Å². The molecule has 2 aliphatic carbocycles. The summed E-state index contributed by atoms with van der Waals surface area (Å²) in [4.78, 5) is 0. The summed E-state index contributed by atoms with van der Waals surface area (Å²) in [6, 6.07) is 0.852. The van der Waals surface area contributed by atoms with Crippen molar-refractivity contribution in [2.45, 2.75) is 51.0 Å². The number of hydrogen-bond donors (Lipinski definition) is 1. The number of rotatable bonds is 1. The SMILES string of the molecule is CNC1CCCCCC12CC2. The predicted octanol–water partition coefficient (Wildman–Crippen LogP) is 2.32. The Balaban J connectivity index is 2.01. The maximum Gasteiger partial charge on any atom is 0.0120 e. The maximum absolute atomic E-state index is 3.50. The molecular weight excluding hydrogens is 134 g/mol. The van der Waals surface area contributed by atoms with Gasteiger partial charge in [-0.1, -0.05) is 19.3 Å². The van der Waals surface area contributed by atoms with Crippen molar-refractivity contribution in [1.82, 2.24) is 5.32 Å². The van der Waals surface area contributed by atoms with Gasteiger partial charge in [0, 0.05) is 6.04 Å². The molecule has 2 rings (SSSR count). The van der Waals surface area contributed by atoms with Gasteiger partial charge in [-0.25, -0.2) is 0 Å². The topological polar surface area (TPSA) is 12.0 Å². The van der Waals surface area contributed by atoms with Crippen LogP contribution in [0.15, 0.2) is 0 Å². The third-order valence-corrected chi connectivity index (χ3v) is 3.65. The van der Waals surface area contributed by atoms with E-state index in [9.17, 15) is 0 Å². The normalized spacial score (nSPS) is 35.2. The first-order chi connectivity index (χ1) is 5.37. The monoisotopic (exact) mass is 153 g/mol. The van der Waals surface area contributed by atoms with Crippen LogP contribution in [-0.4, -0.2) is 13.1 Å². The highest BCUT2D eigenvalue weighted by Gasteiger charge is 2.48. The van der Waals surface area contributed by atoms with E-state index in [1.807, 2.05) is 0 Å². The van der Waals surface area contributed by atoms with Gasteiger partial charge < -0.3 is 5.32 Å². The molecule has 1 N–H and O–H groups in total. The van der Waals surface area contributed by atoms with Crippen LogP contribution < -0.4 is 5.32 Å². The van der Waals surface area contributed by atoms with E-state index in [2.05, 4.69) is 12.4 Å². The van der Waals surface area contributed by atoms with Crippen LogP contribution in [0.2, 0.25) is 0 Å². The summed E-state index contributed by atoms with van der Waals surface area (Å²) < 4.78 is 0. The fraction of sp³-hybridized carbons (Fsp3) is 1.00. The van der Waals surface area contributed by atoms with Crippen LogP contribution in [0.5, 0.6) is 0 Å². The largest absolute Gasteiger partial charge is 0.316 e. The molecule has 1 heteroatoms. The first-order valence-electron chi connectivity index (χ1n) is 5.05. The van der Waals surface area contributed by atoms with E-state index in [1.54, 1.807) is 0 Å². The second-order valence-electron chi connectivity index (χ2n) is 4.30. The molecule has 1 nitrogen and oxygen atoms in total. The zero-order chi connectivity index (χ0) is 7.73. The van der Waals surface area contributed by atoms with Crippen LogP contribution in [0.4, 0.5) is 0 Å². The minimum Gasteiger partial charge on any atom is -0.316 e. The summed E-state index contributed by atoms with van der Waals surface area (Å²) in [6.45, 7) is 0. The van der Waals surface area contributed by atoms with Crippen molar-refractivity contribution < 1.29 is 0 Å². The lowest BCUT2D eigenvalue weighted by molar-refractivity contribution is 0.329. The van der Waals surface area contributed by atoms with Gasteiger partial charge >= 0.3 is 0 Å². The van der Waals surface area contributed by atoms with E-state index in [-0.39, 0.29) is 0 Å². The highest BCUT2D eigenvalue weighted by Crippen LogP contribution is 2.55. The molecule has 0 bridgehead atoms. The average Bonchev–Trinajstić information content (AvgIpc) is 2.80. The van der Waals surface area contributed by atoms with E-state index in [1.165, 1.54) is 44.9 Å². The molecule has 64 valence electrons. The van der Waals surface area contributed by atoms with Crippen LogP contribution in [0, 0.1) is 5.41 Å². The molecule has 2 saturated carbocycles. The number of nitrogens with one attached hydrogen (secondary N) is 1. The first-order valence-corrected chi connectivity index (χ1v) is 5.05. The van der Waals surface area contributed by atoms with Gasteiger partial charge in [0.05, 0.1) is 0 Å². The van der Waals surface area contributed by atoms with E-state index >= 15 is 0 Å². The zero-order valence-electron chi connectivity index (χ0n) is 7.53. The predicted molar refractivity (Wildman–Crippen MR) is 47.6 cm³/mol. The summed E-state index contributed by atoms with van der Waals surface area (Å²) in [5.41, 5.74) is 0.769. The maximum atomic E-state index is 3.50. The van der Waals surface area contributed by atoms with Gasteiger partial charge in [-0.05, 0) is 38.1 Å². The fourth-order valence-corrected chi connectivity index (χ4v) is 2.69. The van der Waals surface area contributed by atoms with E-state index in [4.69, 9.17) is 0 Å². The van der Waals surface area contributed by atoms with Gasteiger partial charge in [0.25, 0.3) is 0 Å². The minimum absolute atomic E-state index is 0.769. The van der Waals surface area contributed by atoms with Crippen LogP contribution in [-0.2, 0) is 0 Å². The fourth-order valence-electron chi connectivity index (χ4n) is 2.69. The highest BCUT2D eigenvalue weighted by molar-refractivity contribution is 5.02. The number of hydrogen-bond acceptors (Lipinski definition) is 1. The van der Waals surface area contributed by atoms with E-state index < -0.39 is 0 Å². The molecule has 1 atom stereocenters. The van der Waals surface area contributed by atoms with Gasteiger partial charge in [-0.15, -0.1) is 0 Å². The summed E-state index contributed by atoms with van der Waals surface area (Å²) in [5, 5.41) is 3.50. The minimum atomic E-state index is 0.769. The Morgan fingerprint density at radius 3 is 2.55 bits per heavy atom. The van der Waals surface area contributed by atoms with Gasteiger partial charge in [0.2, 0.25) is 0 Å². The van der Waals surface area contributed by atoms with Gasteiger partial charge in [-0.3, -0.25) is 0 Å². The van der Waals surface area contributed by atoms with Crippen molar-refractivity contribution >= 4 is 0 Å². The summed E-state index contributed by atoms with van der Waals surface area (Å²) >= 11 is 0. The molecule has 0 aromatic heterocycles. The average molecular weight is 153 g/mol. The molecule has 2 fully saturated rings. The van der Waals surface area contributed by atoms with Crippen LogP contribution in [0.25, 0.3) is 0 Å². The molecular formula is C10H19N. The van der Waals surface area contributed by atoms with Crippen molar-refractivity contribution in [1.29, 1.82) is 0 Å². The summed E-state index contributed by atoms with van der Waals surface area (Å²) in [6.07, 6.45) is 10.3. The van der Waals surface area contributed by atoms with Crippen molar-refractivity contribution in [3.8, 4) is 0 Å². The molecule has 11 heavy (non-hydrogen) atoms. The molecule has 0 amide bonds. The Hall–Kier alpha value is -0.0400. The molecule has 2 aliphatic rings. The van der Waals surface area contributed by atoms with E-state index in [0.29, 0.717) is 0 Å². The lowest BCUT2D eigenvalue weighted by Crippen LogP contribution is -2.33. The Labute approximate surface area is 69.6 Å². The van der Waals surface area contributed by atoms with Gasteiger partial charge in [0.1, 0.15) is 0 Å². The van der Waals surface area contributed by atoms with E-state index in [0.717, 1.165) is 11.5 Å². The molecule has 0 saturated heterocycles. The highest BCUT2D eigenvalue weighted by atomic mass is 14.9. The third kappa shape index (κ3) is 1.31. The molecule has 1 unspecified atom stereocenters. The third-order valence-electron chi connectivity index (χ3n) is 3.65. The zero-order valence-corrected chi connectivity index (χ0v) is 7.53. The van der Waals surface area contributed by atoms with Crippen LogP contribution >= 0.6 is 0 Å². The summed E-state index contributed by atoms with van der Waals surface area (Å²) in [5.74, 6) is 0. The Kier molecular flexibility index (Phi) is 1.92. The van der Waals surface area contributed by atoms with Crippen molar-refractivity contribution in [3.05, 3.63) is 0 Å². The second kappa shape index (κ2) is 2.78. The second-order valence-corrected chi connectivity index (χ2v) is 4.30. The molecule has 0 aromatic rings. The Bertz CT molecular complexity index is 138. The Morgan fingerprint density at radius 2 is 1.91 bits per heavy atom. The van der Waals surface area contributed by atoms with Crippen molar-refractivity contribution in [2.24, 2.45) is 5.41 Å². The van der Waals surface area contributed by atoms with Gasteiger partial charge in [0.15, 0.2) is 0 Å². The molecule has 0 aromatic carbocycles. The lowest BCUT2D eigenvalue weighted by Gasteiger charge is -2.23. The molecule has 0 heterocycles.